The topological polar surface area (TPSA) is 71.6 Å². The number of rotatable bonds is 3. The average Bonchev–Trinajstić information content (AvgIpc) is 2.80. The summed E-state index contributed by atoms with van der Waals surface area (Å²) in [4.78, 5) is 16.2. The van der Waals surface area contributed by atoms with E-state index in [1.54, 1.807) is 12.3 Å². The second-order valence-electron chi connectivity index (χ2n) is 4.17. The lowest BCUT2D eigenvalue weighted by Gasteiger charge is -2.02. The number of nitrogens with zero attached hydrogens (tertiary/aromatic N) is 4. The molecule has 0 atom stereocenters. The summed E-state index contributed by atoms with van der Waals surface area (Å²) in [7, 11) is 0. The van der Waals surface area contributed by atoms with Gasteiger partial charge in [-0.25, -0.2) is 4.98 Å². The summed E-state index contributed by atoms with van der Waals surface area (Å²) >= 11 is 1.29. The smallest absolute Gasteiger partial charge is 0.268 e. The van der Waals surface area contributed by atoms with Gasteiger partial charge in [0.2, 0.25) is 0 Å². The van der Waals surface area contributed by atoms with Crippen LogP contribution in [0.5, 0.6) is 0 Å². The molecule has 6 heteroatoms. The van der Waals surface area contributed by atoms with Crippen LogP contribution in [0, 0.1) is 11.3 Å². The molecule has 2 rings (SSSR count). The summed E-state index contributed by atoms with van der Waals surface area (Å²) in [6.45, 7) is 4.40. The summed E-state index contributed by atoms with van der Waals surface area (Å²) in [6, 6.07) is 5.08. The Hall–Kier alpha value is -2.00. The number of nitriles is 1. The molecule has 92 valence electrons. The fraction of sp³-hybridized carbons (Fsp3) is 0.333. The molecule has 0 aromatic carbocycles. The predicted octanol–water partition coefficient (Wildman–Crippen LogP) is 1.74. The average molecular weight is 260 g/mol. The Morgan fingerprint density at radius 2 is 2.33 bits per heavy atom. The first-order valence-corrected chi connectivity index (χ1v) is 6.31. The van der Waals surface area contributed by atoms with Crippen molar-refractivity contribution >= 4 is 11.5 Å². The fourth-order valence-corrected chi connectivity index (χ4v) is 2.24. The molecule has 2 heterocycles. The molecule has 0 aliphatic heterocycles. The Bertz CT molecular complexity index is 651. The third-order valence-corrected chi connectivity index (χ3v) is 3.16. The third-order valence-electron chi connectivity index (χ3n) is 2.45. The normalized spacial score (nSPS) is 10.6. The van der Waals surface area contributed by atoms with Gasteiger partial charge in [0, 0.05) is 12.1 Å². The Morgan fingerprint density at radius 3 is 2.94 bits per heavy atom. The first kappa shape index (κ1) is 12.5. The standard InChI is InChI=1S/C12H12N4OS/c1-8(2)11-14-10(18-15-11)7-16-5-3-4-9(6-13)12(16)17/h3-5,8H,7H2,1-2H3. The summed E-state index contributed by atoms with van der Waals surface area (Å²) in [5, 5.41) is 9.57. The highest BCUT2D eigenvalue weighted by Gasteiger charge is 2.09. The molecule has 0 saturated heterocycles. The van der Waals surface area contributed by atoms with E-state index in [0.717, 1.165) is 10.8 Å². The zero-order valence-corrected chi connectivity index (χ0v) is 10.9. The van der Waals surface area contributed by atoms with Crippen LogP contribution in [-0.2, 0) is 6.54 Å². The van der Waals surface area contributed by atoms with Crippen LogP contribution in [0.4, 0.5) is 0 Å². The zero-order valence-electron chi connectivity index (χ0n) is 10.1. The van der Waals surface area contributed by atoms with Gasteiger partial charge < -0.3 is 4.57 Å². The lowest BCUT2D eigenvalue weighted by molar-refractivity contribution is 0.733. The van der Waals surface area contributed by atoms with Gasteiger partial charge in [0.05, 0.1) is 6.54 Å². The SMILES string of the molecule is CC(C)c1nsc(Cn2cccc(C#N)c2=O)n1. The van der Waals surface area contributed by atoms with Gasteiger partial charge >= 0.3 is 0 Å². The van der Waals surface area contributed by atoms with Crippen LogP contribution in [0.3, 0.4) is 0 Å². The summed E-state index contributed by atoms with van der Waals surface area (Å²) in [6.07, 6.45) is 1.65. The van der Waals surface area contributed by atoms with Gasteiger partial charge in [-0.2, -0.15) is 9.64 Å². The minimum absolute atomic E-state index is 0.145. The molecule has 0 amide bonds. The van der Waals surface area contributed by atoms with Crippen LogP contribution >= 0.6 is 11.5 Å². The molecule has 0 N–H and O–H groups in total. The lowest BCUT2D eigenvalue weighted by atomic mass is 10.2. The third kappa shape index (κ3) is 2.46. The predicted molar refractivity (Wildman–Crippen MR) is 68.5 cm³/mol. The minimum Gasteiger partial charge on any atom is -0.307 e. The second kappa shape index (κ2) is 5.10. The van der Waals surface area contributed by atoms with Gasteiger partial charge in [-0.15, -0.1) is 0 Å². The summed E-state index contributed by atoms with van der Waals surface area (Å²) in [5.41, 5.74) is -0.146. The number of hydrogen-bond acceptors (Lipinski definition) is 5. The van der Waals surface area contributed by atoms with E-state index in [0.29, 0.717) is 6.54 Å². The largest absolute Gasteiger partial charge is 0.307 e. The van der Waals surface area contributed by atoms with Crippen molar-refractivity contribution in [3.63, 3.8) is 0 Å². The molecule has 18 heavy (non-hydrogen) atoms. The van der Waals surface area contributed by atoms with Gasteiger partial charge in [-0.05, 0) is 23.7 Å². The molecular weight excluding hydrogens is 248 g/mol. The van der Waals surface area contributed by atoms with Crippen molar-refractivity contribution in [2.24, 2.45) is 0 Å². The van der Waals surface area contributed by atoms with Crippen LogP contribution in [0.15, 0.2) is 23.1 Å². The molecule has 5 nitrogen and oxygen atoms in total. The molecule has 0 radical (unpaired) electrons. The Labute approximate surface area is 109 Å². The highest BCUT2D eigenvalue weighted by atomic mass is 32.1. The van der Waals surface area contributed by atoms with Gasteiger partial charge in [0.1, 0.15) is 22.5 Å². The van der Waals surface area contributed by atoms with Crippen molar-refractivity contribution in [1.82, 2.24) is 13.9 Å². The fourth-order valence-electron chi connectivity index (χ4n) is 1.46. The maximum absolute atomic E-state index is 11.8. The van der Waals surface area contributed by atoms with Crippen LogP contribution in [0.1, 0.15) is 36.2 Å². The van der Waals surface area contributed by atoms with E-state index < -0.39 is 0 Å². The van der Waals surface area contributed by atoms with Crippen molar-refractivity contribution in [3.8, 4) is 6.07 Å². The summed E-state index contributed by atoms with van der Waals surface area (Å²) in [5.74, 6) is 1.07. The Kier molecular flexibility index (Phi) is 3.53. The zero-order chi connectivity index (χ0) is 13.1. The van der Waals surface area contributed by atoms with E-state index in [1.165, 1.54) is 22.2 Å². The second-order valence-corrected chi connectivity index (χ2v) is 5.00. The van der Waals surface area contributed by atoms with E-state index in [9.17, 15) is 4.79 Å². The van der Waals surface area contributed by atoms with Crippen molar-refractivity contribution in [2.45, 2.75) is 26.3 Å². The quantitative estimate of drug-likeness (QED) is 0.842. The first-order valence-electron chi connectivity index (χ1n) is 5.54. The summed E-state index contributed by atoms with van der Waals surface area (Å²) < 4.78 is 5.71. The van der Waals surface area contributed by atoms with Crippen molar-refractivity contribution in [2.75, 3.05) is 0 Å². The minimum atomic E-state index is -0.290. The molecule has 0 unspecified atom stereocenters. The molecule has 0 bridgehead atoms. The van der Waals surface area contributed by atoms with E-state index in [2.05, 4.69) is 9.36 Å². The maximum atomic E-state index is 11.8. The van der Waals surface area contributed by atoms with Crippen molar-refractivity contribution in [3.05, 3.63) is 45.1 Å². The van der Waals surface area contributed by atoms with Crippen LogP contribution < -0.4 is 5.56 Å². The van der Waals surface area contributed by atoms with E-state index >= 15 is 0 Å². The van der Waals surface area contributed by atoms with Gasteiger partial charge in [-0.1, -0.05) is 13.8 Å². The van der Waals surface area contributed by atoms with E-state index in [-0.39, 0.29) is 17.0 Å². The maximum Gasteiger partial charge on any atom is 0.268 e. The molecule has 0 saturated carbocycles. The molecular formula is C12H12N4OS. The van der Waals surface area contributed by atoms with E-state index in [1.807, 2.05) is 19.9 Å². The number of aromatic nitrogens is 3. The van der Waals surface area contributed by atoms with Gasteiger partial charge in [0.25, 0.3) is 5.56 Å². The van der Waals surface area contributed by atoms with Crippen molar-refractivity contribution < 1.29 is 0 Å². The molecule has 2 aromatic rings. The molecule has 0 spiro atoms. The van der Waals surface area contributed by atoms with Crippen LogP contribution in [-0.4, -0.2) is 13.9 Å². The van der Waals surface area contributed by atoms with Crippen LogP contribution in [0.2, 0.25) is 0 Å². The molecule has 0 aliphatic rings. The molecule has 0 aliphatic carbocycles. The first-order chi connectivity index (χ1) is 8.61. The Morgan fingerprint density at radius 1 is 1.56 bits per heavy atom. The Balaban J connectivity index is 2.29. The van der Waals surface area contributed by atoms with Crippen molar-refractivity contribution in [1.29, 1.82) is 5.26 Å². The van der Waals surface area contributed by atoms with Gasteiger partial charge in [0.15, 0.2) is 0 Å². The number of pyridine rings is 1. The monoisotopic (exact) mass is 260 g/mol. The van der Waals surface area contributed by atoms with Gasteiger partial charge in [-0.3, -0.25) is 4.79 Å². The lowest BCUT2D eigenvalue weighted by Crippen LogP contribution is -2.22. The molecule has 2 aromatic heterocycles. The molecule has 0 fully saturated rings. The van der Waals surface area contributed by atoms with Crippen LogP contribution in [0.25, 0.3) is 0 Å². The van der Waals surface area contributed by atoms with E-state index in [4.69, 9.17) is 5.26 Å². The highest BCUT2D eigenvalue weighted by Crippen LogP contribution is 2.13. The highest BCUT2D eigenvalue weighted by molar-refractivity contribution is 7.05. The number of hydrogen-bond donors (Lipinski definition) is 0.